The van der Waals surface area contributed by atoms with Gasteiger partial charge in [-0.25, -0.2) is 0 Å². The van der Waals surface area contributed by atoms with Gasteiger partial charge in [-0.2, -0.15) is 0 Å². The number of amides is 1. The Morgan fingerprint density at radius 3 is 2.47 bits per heavy atom. The summed E-state index contributed by atoms with van der Waals surface area (Å²) >= 11 is 0. The second-order valence-corrected chi connectivity index (χ2v) is 5.19. The minimum Gasteiger partial charge on any atom is -0.353 e. The predicted octanol–water partition coefficient (Wildman–Crippen LogP) is 2.92. The summed E-state index contributed by atoms with van der Waals surface area (Å²) in [6, 6.07) is 10.3. The minimum atomic E-state index is 0.163. The highest BCUT2D eigenvalue weighted by Gasteiger charge is 2.19. The highest BCUT2D eigenvalue weighted by Crippen LogP contribution is 2.23. The highest BCUT2D eigenvalue weighted by molar-refractivity contribution is 5.78. The lowest BCUT2D eigenvalue weighted by molar-refractivity contribution is -0.121. The summed E-state index contributed by atoms with van der Waals surface area (Å²) in [4.78, 5) is 11.9. The maximum absolute atomic E-state index is 11.9. The second-order valence-electron chi connectivity index (χ2n) is 5.19. The van der Waals surface area contributed by atoms with Gasteiger partial charge in [0.2, 0.25) is 5.91 Å². The standard InChI is InChI=1S/C15H21NO/c1-12-7-9-14(10-8-12)16-15(17)11-13-5-3-2-4-6-13/h2-6,12,14H,7-11H2,1H3,(H,16,17). The first kappa shape index (κ1) is 12.2. The first-order valence-corrected chi connectivity index (χ1v) is 6.57. The molecule has 1 saturated carbocycles. The lowest BCUT2D eigenvalue weighted by atomic mass is 9.87. The molecular formula is C15H21NO. The van der Waals surface area contributed by atoms with Crippen LogP contribution in [0.5, 0.6) is 0 Å². The van der Waals surface area contributed by atoms with E-state index in [1.807, 2.05) is 30.3 Å². The zero-order valence-electron chi connectivity index (χ0n) is 10.5. The monoisotopic (exact) mass is 231 g/mol. The lowest BCUT2D eigenvalue weighted by Gasteiger charge is -2.26. The van der Waals surface area contributed by atoms with Gasteiger partial charge in [-0.3, -0.25) is 4.79 Å². The van der Waals surface area contributed by atoms with Gasteiger partial charge in [0.25, 0.3) is 0 Å². The van der Waals surface area contributed by atoms with E-state index in [-0.39, 0.29) is 5.91 Å². The van der Waals surface area contributed by atoms with E-state index in [0.717, 1.165) is 24.3 Å². The van der Waals surface area contributed by atoms with Gasteiger partial charge in [-0.1, -0.05) is 37.3 Å². The van der Waals surface area contributed by atoms with Crippen LogP contribution in [0.3, 0.4) is 0 Å². The fourth-order valence-electron chi connectivity index (χ4n) is 2.46. The van der Waals surface area contributed by atoms with Crippen molar-refractivity contribution in [1.82, 2.24) is 5.32 Å². The summed E-state index contributed by atoms with van der Waals surface area (Å²) in [5.41, 5.74) is 1.09. The van der Waals surface area contributed by atoms with Crippen molar-refractivity contribution in [1.29, 1.82) is 0 Å². The number of carbonyl (C=O) groups is 1. The Morgan fingerprint density at radius 1 is 1.18 bits per heavy atom. The molecule has 0 aliphatic heterocycles. The van der Waals surface area contributed by atoms with E-state index in [4.69, 9.17) is 0 Å². The predicted molar refractivity (Wildman–Crippen MR) is 69.7 cm³/mol. The van der Waals surface area contributed by atoms with E-state index in [1.54, 1.807) is 0 Å². The Hall–Kier alpha value is -1.31. The van der Waals surface area contributed by atoms with Crippen LogP contribution >= 0.6 is 0 Å². The molecule has 92 valence electrons. The fraction of sp³-hybridized carbons (Fsp3) is 0.533. The van der Waals surface area contributed by atoms with Crippen LogP contribution in [0.4, 0.5) is 0 Å². The van der Waals surface area contributed by atoms with Crippen molar-refractivity contribution in [2.45, 2.75) is 45.1 Å². The molecule has 1 aromatic carbocycles. The molecule has 0 atom stereocenters. The average molecular weight is 231 g/mol. The molecule has 1 aliphatic rings. The molecule has 0 aromatic heterocycles. The topological polar surface area (TPSA) is 29.1 Å². The molecule has 1 N–H and O–H groups in total. The molecule has 0 heterocycles. The molecule has 2 heteroatoms. The molecule has 0 saturated heterocycles. The summed E-state index contributed by atoms with van der Waals surface area (Å²) in [7, 11) is 0. The molecule has 1 aromatic rings. The second kappa shape index (κ2) is 5.85. The molecule has 0 spiro atoms. The number of hydrogen-bond donors (Lipinski definition) is 1. The molecule has 1 fully saturated rings. The summed E-state index contributed by atoms with van der Waals surface area (Å²) in [6.07, 6.45) is 5.28. The summed E-state index contributed by atoms with van der Waals surface area (Å²) < 4.78 is 0. The van der Waals surface area contributed by atoms with Gasteiger partial charge in [0, 0.05) is 6.04 Å². The third kappa shape index (κ3) is 3.88. The molecule has 1 aliphatic carbocycles. The molecule has 17 heavy (non-hydrogen) atoms. The maximum atomic E-state index is 11.9. The quantitative estimate of drug-likeness (QED) is 0.851. The number of nitrogens with one attached hydrogen (secondary N) is 1. The van der Waals surface area contributed by atoms with Gasteiger partial charge < -0.3 is 5.32 Å². The fourth-order valence-corrected chi connectivity index (χ4v) is 2.46. The molecular weight excluding hydrogens is 210 g/mol. The maximum Gasteiger partial charge on any atom is 0.224 e. The van der Waals surface area contributed by atoms with Crippen LogP contribution in [0.15, 0.2) is 30.3 Å². The normalized spacial score (nSPS) is 24.3. The molecule has 0 bridgehead atoms. The third-order valence-electron chi connectivity index (χ3n) is 3.59. The van der Waals surface area contributed by atoms with Crippen molar-refractivity contribution in [2.24, 2.45) is 5.92 Å². The van der Waals surface area contributed by atoms with Crippen molar-refractivity contribution in [3.8, 4) is 0 Å². The molecule has 0 unspecified atom stereocenters. The Morgan fingerprint density at radius 2 is 1.82 bits per heavy atom. The van der Waals surface area contributed by atoms with Gasteiger partial charge in [0.1, 0.15) is 0 Å². The third-order valence-corrected chi connectivity index (χ3v) is 3.59. The smallest absolute Gasteiger partial charge is 0.224 e. The molecule has 1 amide bonds. The zero-order valence-corrected chi connectivity index (χ0v) is 10.5. The van der Waals surface area contributed by atoms with Gasteiger partial charge in [-0.05, 0) is 37.2 Å². The summed E-state index contributed by atoms with van der Waals surface area (Å²) in [6.45, 7) is 2.29. The molecule has 2 nitrogen and oxygen atoms in total. The lowest BCUT2D eigenvalue weighted by Crippen LogP contribution is -2.38. The van der Waals surface area contributed by atoms with E-state index in [2.05, 4.69) is 12.2 Å². The van der Waals surface area contributed by atoms with Gasteiger partial charge >= 0.3 is 0 Å². The van der Waals surface area contributed by atoms with Crippen LogP contribution in [0, 0.1) is 5.92 Å². The van der Waals surface area contributed by atoms with Crippen molar-refractivity contribution in [3.05, 3.63) is 35.9 Å². The minimum absolute atomic E-state index is 0.163. The number of rotatable bonds is 3. The summed E-state index contributed by atoms with van der Waals surface area (Å²) in [5, 5.41) is 3.15. The van der Waals surface area contributed by atoms with Crippen molar-refractivity contribution >= 4 is 5.91 Å². The number of carbonyl (C=O) groups excluding carboxylic acids is 1. The van der Waals surface area contributed by atoms with Crippen LogP contribution in [-0.4, -0.2) is 11.9 Å². The SMILES string of the molecule is CC1CCC(NC(=O)Cc2ccccc2)CC1. The Kier molecular flexibility index (Phi) is 4.18. The van der Waals surface area contributed by atoms with Crippen LogP contribution in [0.2, 0.25) is 0 Å². The van der Waals surface area contributed by atoms with Crippen LogP contribution < -0.4 is 5.32 Å². The van der Waals surface area contributed by atoms with E-state index in [9.17, 15) is 4.79 Å². The largest absolute Gasteiger partial charge is 0.353 e. The Bertz CT molecular complexity index is 352. The van der Waals surface area contributed by atoms with E-state index < -0.39 is 0 Å². The van der Waals surface area contributed by atoms with Crippen LogP contribution in [0.1, 0.15) is 38.2 Å². The zero-order chi connectivity index (χ0) is 12.1. The number of hydrogen-bond acceptors (Lipinski definition) is 1. The van der Waals surface area contributed by atoms with Crippen LogP contribution in [-0.2, 0) is 11.2 Å². The van der Waals surface area contributed by atoms with Crippen molar-refractivity contribution in [3.63, 3.8) is 0 Å². The first-order chi connectivity index (χ1) is 8.24. The van der Waals surface area contributed by atoms with E-state index in [0.29, 0.717) is 12.5 Å². The van der Waals surface area contributed by atoms with Gasteiger partial charge in [-0.15, -0.1) is 0 Å². The first-order valence-electron chi connectivity index (χ1n) is 6.57. The van der Waals surface area contributed by atoms with Gasteiger partial charge in [0.15, 0.2) is 0 Å². The van der Waals surface area contributed by atoms with E-state index in [1.165, 1.54) is 12.8 Å². The highest BCUT2D eigenvalue weighted by atomic mass is 16.1. The Labute approximate surface area is 103 Å². The number of benzene rings is 1. The Balaban J connectivity index is 1.78. The summed E-state index contributed by atoms with van der Waals surface area (Å²) in [5.74, 6) is 0.994. The van der Waals surface area contributed by atoms with Crippen molar-refractivity contribution in [2.75, 3.05) is 0 Å². The van der Waals surface area contributed by atoms with Gasteiger partial charge in [0.05, 0.1) is 6.42 Å². The van der Waals surface area contributed by atoms with Crippen molar-refractivity contribution < 1.29 is 4.79 Å². The average Bonchev–Trinajstić information content (AvgIpc) is 2.33. The van der Waals surface area contributed by atoms with Crippen LogP contribution in [0.25, 0.3) is 0 Å². The molecule has 0 radical (unpaired) electrons. The molecule has 2 rings (SSSR count). The van der Waals surface area contributed by atoms with E-state index >= 15 is 0 Å².